The van der Waals surface area contributed by atoms with Gasteiger partial charge in [-0.3, -0.25) is 0 Å². The van der Waals surface area contributed by atoms with E-state index in [1.807, 2.05) is 0 Å². The van der Waals surface area contributed by atoms with Crippen molar-refractivity contribution in [2.75, 3.05) is 26.4 Å². The van der Waals surface area contributed by atoms with Gasteiger partial charge in [0, 0.05) is 27.7 Å². The van der Waals surface area contributed by atoms with Gasteiger partial charge in [0.1, 0.15) is 0 Å². The molecule has 0 bridgehead atoms. The second-order valence-corrected chi connectivity index (χ2v) is 4.34. The molecule has 0 N–H and O–H groups in total. The maximum Gasteiger partial charge on any atom is 0.339 e. The summed E-state index contributed by atoms with van der Waals surface area (Å²) in [6, 6.07) is 1.80. The summed E-state index contributed by atoms with van der Waals surface area (Å²) < 4.78 is 18.5. The van der Waals surface area contributed by atoms with E-state index in [9.17, 15) is 19.2 Å². The number of rotatable bonds is 8. The van der Waals surface area contributed by atoms with Crippen molar-refractivity contribution in [3.63, 3.8) is 0 Å². The lowest BCUT2D eigenvalue weighted by atomic mass is 9.98. The maximum atomic E-state index is 12.1. The Labute approximate surface area is 151 Å². The van der Waals surface area contributed by atoms with Gasteiger partial charge in [-0.1, -0.05) is 0 Å². The summed E-state index contributed by atoms with van der Waals surface area (Å²) in [6.07, 6.45) is 0. The Balaban J connectivity index is 3.63. The molecule has 0 aliphatic rings. The lowest BCUT2D eigenvalue weighted by Gasteiger charge is -2.14. The van der Waals surface area contributed by atoms with Crippen molar-refractivity contribution < 1.29 is 38.1 Å². The van der Waals surface area contributed by atoms with Crippen LogP contribution in [0.25, 0.3) is 0 Å². The fraction of sp³-hybridized carbons (Fsp3) is 0.222. The first-order valence-corrected chi connectivity index (χ1v) is 7.08. The molecule has 8 heteroatoms. The zero-order chi connectivity index (χ0) is 19.7. The summed E-state index contributed by atoms with van der Waals surface area (Å²) in [4.78, 5) is 48.2. The zero-order valence-electron chi connectivity index (χ0n) is 13.6. The van der Waals surface area contributed by atoms with Crippen molar-refractivity contribution in [1.82, 2.24) is 0 Å². The molecule has 1 aromatic rings. The third-order valence-corrected chi connectivity index (χ3v) is 2.90. The molecule has 0 fully saturated rings. The average Bonchev–Trinajstić information content (AvgIpc) is 2.61. The fourth-order valence-electron chi connectivity index (χ4n) is 1.89. The van der Waals surface area contributed by atoms with Gasteiger partial charge < -0.3 is 18.9 Å². The lowest BCUT2D eigenvalue weighted by molar-refractivity contribution is 0.0484. The zero-order valence-corrected chi connectivity index (χ0v) is 13.6. The van der Waals surface area contributed by atoms with Gasteiger partial charge in [0.2, 0.25) is 0 Å². The first kappa shape index (κ1) is 21.1. The summed E-state index contributed by atoms with van der Waals surface area (Å²) in [5.41, 5.74) is -1.60. The van der Waals surface area contributed by atoms with Gasteiger partial charge in [-0.15, -0.1) is 0 Å². The van der Waals surface area contributed by atoms with E-state index < -0.39 is 72.6 Å². The molecular formula is C18H14O8. The van der Waals surface area contributed by atoms with Crippen LogP contribution in [0.2, 0.25) is 0 Å². The lowest BCUT2D eigenvalue weighted by Crippen LogP contribution is -2.20. The highest BCUT2D eigenvalue weighted by molar-refractivity contribution is 6.10. The van der Waals surface area contributed by atoms with Gasteiger partial charge in [-0.25, -0.2) is 19.2 Å². The highest BCUT2D eigenvalue weighted by Crippen LogP contribution is 2.22. The molecule has 0 aliphatic heterocycles. The fourth-order valence-corrected chi connectivity index (χ4v) is 1.89. The molecule has 8 nitrogen and oxygen atoms in total. The SMILES string of the molecule is [CH]COC(=O)c1cc(C(=O)OC[CH])c(C(=O)OC[CH])cc1C(=O)OC[CH]. The number of carbonyl (C=O) groups is 4. The first-order chi connectivity index (χ1) is 12.4. The van der Waals surface area contributed by atoms with Gasteiger partial charge in [-0.2, -0.15) is 0 Å². The Bertz CT molecular complexity index is 578. The van der Waals surface area contributed by atoms with Crippen LogP contribution in [-0.4, -0.2) is 50.3 Å². The molecule has 0 amide bonds. The minimum atomic E-state index is -1.04. The maximum absolute atomic E-state index is 12.1. The van der Waals surface area contributed by atoms with Crippen LogP contribution in [0.4, 0.5) is 0 Å². The van der Waals surface area contributed by atoms with E-state index in [2.05, 4.69) is 18.9 Å². The predicted octanol–water partition coefficient (Wildman–Crippen LogP) is 1.16. The third kappa shape index (κ3) is 5.05. The topological polar surface area (TPSA) is 105 Å². The second-order valence-electron chi connectivity index (χ2n) is 4.34. The number of carbonyl (C=O) groups excluding carboxylic acids is 4. The molecule has 0 unspecified atom stereocenters. The summed E-state index contributed by atoms with van der Waals surface area (Å²) >= 11 is 0. The largest absolute Gasteiger partial charge is 0.462 e. The normalized spacial score (nSPS) is 10.0. The molecule has 1 aromatic carbocycles. The van der Waals surface area contributed by atoms with Crippen LogP contribution in [0.5, 0.6) is 0 Å². The summed E-state index contributed by atoms with van der Waals surface area (Å²) in [6.45, 7) is 18.6. The van der Waals surface area contributed by atoms with Gasteiger partial charge in [0.15, 0.2) is 0 Å². The second kappa shape index (κ2) is 10.2. The number of hydrogen-bond acceptors (Lipinski definition) is 8. The highest BCUT2D eigenvalue weighted by atomic mass is 16.5. The molecule has 134 valence electrons. The molecule has 26 heavy (non-hydrogen) atoms. The molecule has 8 radical (unpaired) electrons. The summed E-state index contributed by atoms with van der Waals surface area (Å²) in [7, 11) is 0. The minimum Gasteiger partial charge on any atom is -0.462 e. The molecule has 0 heterocycles. The third-order valence-electron chi connectivity index (χ3n) is 2.90. The quantitative estimate of drug-likeness (QED) is 0.503. The van der Waals surface area contributed by atoms with Crippen LogP contribution in [0.1, 0.15) is 41.4 Å². The highest BCUT2D eigenvalue weighted by Gasteiger charge is 2.28. The molecule has 1 rings (SSSR count). The monoisotopic (exact) mass is 358 g/mol. The number of benzene rings is 1. The average molecular weight is 358 g/mol. The van der Waals surface area contributed by atoms with Crippen LogP contribution in [0.15, 0.2) is 12.1 Å². The summed E-state index contributed by atoms with van der Waals surface area (Å²) in [5, 5.41) is 0. The van der Waals surface area contributed by atoms with Gasteiger partial charge in [0.05, 0.1) is 48.7 Å². The van der Waals surface area contributed by atoms with E-state index in [4.69, 9.17) is 27.7 Å². The van der Waals surface area contributed by atoms with Crippen molar-refractivity contribution in [2.45, 2.75) is 0 Å². The van der Waals surface area contributed by atoms with E-state index in [-0.39, 0.29) is 0 Å². The van der Waals surface area contributed by atoms with Crippen molar-refractivity contribution in [3.8, 4) is 0 Å². The Morgan fingerprint density at radius 2 is 0.731 bits per heavy atom. The summed E-state index contributed by atoms with van der Waals surface area (Å²) in [5.74, 6) is -4.18. The van der Waals surface area contributed by atoms with E-state index in [1.54, 1.807) is 0 Å². The van der Waals surface area contributed by atoms with Crippen molar-refractivity contribution in [1.29, 1.82) is 0 Å². The van der Waals surface area contributed by atoms with E-state index >= 15 is 0 Å². The van der Waals surface area contributed by atoms with E-state index in [1.165, 1.54) is 0 Å². The predicted molar refractivity (Wildman–Crippen MR) is 84.8 cm³/mol. The Morgan fingerprint density at radius 3 is 0.885 bits per heavy atom. The Morgan fingerprint density at radius 1 is 0.538 bits per heavy atom. The molecule has 0 atom stereocenters. The Hall–Kier alpha value is -2.90. The van der Waals surface area contributed by atoms with Crippen molar-refractivity contribution in [2.24, 2.45) is 0 Å². The molecule has 0 aromatic heterocycles. The first-order valence-electron chi connectivity index (χ1n) is 7.08. The van der Waals surface area contributed by atoms with Crippen LogP contribution in [-0.2, 0) is 18.9 Å². The van der Waals surface area contributed by atoms with E-state index in [0.717, 1.165) is 12.1 Å². The van der Waals surface area contributed by atoms with Gasteiger partial charge in [-0.05, 0) is 12.1 Å². The number of ether oxygens (including phenoxy) is 4. The molecular weight excluding hydrogens is 344 g/mol. The molecule has 0 spiro atoms. The van der Waals surface area contributed by atoms with Crippen LogP contribution in [0, 0.1) is 27.7 Å². The van der Waals surface area contributed by atoms with Crippen molar-refractivity contribution >= 4 is 23.9 Å². The molecule has 0 aliphatic carbocycles. The minimum absolute atomic E-state index is 0.401. The van der Waals surface area contributed by atoms with Gasteiger partial charge >= 0.3 is 23.9 Å². The van der Waals surface area contributed by atoms with Crippen LogP contribution < -0.4 is 0 Å². The molecule has 0 saturated carbocycles. The smallest absolute Gasteiger partial charge is 0.339 e. The van der Waals surface area contributed by atoms with Crippen molar-refractivity contribution in [3.05, 3.63) is 62.1 Å². The van der Waals surface area contributed by atoms with Crippen LogP contribution >= 0.6 is 0 Å². The van der Waals surface area contributed by atoms with Crippen LogP contribution in [0.3, 0.4) is 0 Å². The van der Waals surface area contributed by atoms with E-state index in [0.29, 0.717) is 0 Å². The Kier molecular flexibility index (Phi) is 8.27. The molecule has 0 saturated heterocycles. The van der Waals surface area contributed by atoms with Gasteiger partial charge in [0.25, 0.3) is 0 Å². The number of hydrogen-bond donors (Lipinski definition) is 0. The standard InChI is InChI=1S/C18H14O8/c1-5-23-15(19)11-9-13(17(21)25-7-3)14(18(22)26-8-4)10-12(11)16(20)24-6-2/h1-4,9-10H,5-8H2. The number of esters is 4.